The van der Waals surface area contributed by atoms with Gasteiger partial charge in [0.15, 0.2) is 11.7 Å². The molecule has 1 aromatic rings. The molecule has 186 valence electrons. The van der Waals surface area contributed by atoms with Crippen molar-refractivity contribution in [1.29, 1.82) is 0 Å². The molecule has 4 rings (SSSR count). The first kappa shape index (κ1) is 26.1. The van der Waals surface area contributed by atoms with Crippen LogP contribution < -0.4 is 5.32 Å². The van der Waals surface area contributed by atoms with E-state index < -0.39 is 5.82 Å². The van der Waals surface area contributed by atoms with E-state index in [0.717, 1.165) is 55.1 Å². The van der Waals surface area contributed by atoms with Crippen molar-refractivity contribution in [3.63, 3.8) is 0 Å². The van der Waals surface area contributed by atoms with E-state index >= 15 is 0 Å². The minimum Gasteiger partial charge on any atom is -0.352 e. The molecule has 0 bridgehead atoms. The lowest BCUT2D eigenvalue weighted by molar-refractivity contribution is 0.346. The molecule has 2 fully saturated rings. The SMILES string of the molecule is CC1CC1.CCCc1ncc(F)cc1/C(C=C(C)CC)=C1\N=C(N2CCNCC2)C(F)=CN1C. The molecule has 0 radical (unpaired) electrons. The van der Waals surface area contributed by atoms with Crippen LogP contribution in [0.4, 0.5) is 8.78 Å². The van der Waals surface area contributed by atoms with Crippen LogP contribution in [-0.4, -0.2) is 53.8 Å². The Hall–Kier alpha value is -2.54. The van der Waals surface area contributed by atoms with Gasteiger partial charge in [-0.15, -0.1) is 0 Å². The molecule has 3 heterocycles. The van der Waals surface area contributed by atoms with E-state index in [9.17, 15) is 8.78 Å². The lowest BCUT2D eigenvalue weighted by atomic mass is 9.98. The van der Waals surface area contributed by atoms with Crippen LogP contribution in [0.15, 0.2) is 46.8 Å². The molecule has 1 aromatic heterocycles. The van der Waals surface area contributed by atoms with Gasteiger partial charge in [0.1, 0.15) is 11.6 Å². The maximum absolute atomic E-state index is 14.8. The Morgan fingerprint density at radius 1 is 1.21 bits per heavy atom. The summed E-state index contributed by atoms with van der Waals surface area (Å²) in [6.07, 6.45) is 10.2. The monoisotopic (exact) mass is 471 g/mol. The van der Waals surface area contributed by atoms with E-state index in [1.807, 2.05) is 17.9 Å². The molecule has 3 aliphatic rings. The molecule has 1 saturated heterocycles. The Kier molecular flexibility index (Phi) is 9.39. The molecule has 2 aliphatic heterocycles. The fourth-order valence-corrected chi connectivity index (χ4v) is 3.78. The number of aliphatic imine (C=N–C) groups is 1. The number of pyridine rings is 1. The van der Waals surface area contributed by atoms with Gasteiger partial charge in [-0.3, -0.25) is 4.98 Å². The molecular weight excluding hydrogens is 432 g/mol. The van der Waals surface area contributed by atoms with Crippen LogP contribution in [0.3, 0.4) is 0 Å². The number of aromatic nitrogens is 1. The molecule has 0 amide bonds. The van der Waals surface area contributed by atoms with Gasteiger partial charge in [-0.2, -0.15) is 0 Å². The Balaban J connectivity index is 0.000000732. The van der Waals surface area contributed by atoms with Crippen molar-refractivity contribution in [2.45, 2.75) is 59.8 Å². The fraction of sp³-hybridized carbons (Fsp3) is 0.556. The van der Waals surface area contributed by atoms with Gasteiger partial charge in [0, 0.05) is 56.3 Å². The smallest absolute Gasteiger partial charge is 0.181 e. The molecule has 0 aromatic carbocycles. The number of rotatable bonds is 5. The number of amidine groups is 1. The van der Waals surface area contributed by atoms with E-state index in [-0.39, 0.29) is 5.83 Å². The van der Waals surface area contributed by atoms with E-state index in [1.165, 1.54) is 31.3 Å². The van der Waals surface area contributed by atoms with Crippen molar-refractivity contribution in [3.8, 4) is 0 Å². The summed E-state index contributed by atoms with van der Waals surface area (Å²) in [6.45, 7) is 11.4. The zero-order chi connectivity index (χ0) is 24.7. The summed E-state index contributed by atoms with van der Waals surface area (Å²) in [4.78, 5) is 12.7. The van der Waals surface area contributed by atoms with Gasteiger partial charge >= 0.3 is 0 Å². The molecule has 34 heavy (non-hydrogen) atoms. The van der Waals surface area contributed by atoms with Gasteiger partial charge in [-0.25, -0.2) is 13.8 Å². The normalized spacial score (nSPS) is 20.4. The summed E-state index contributed by atoms with van der Waals surface area (Å²) in [7, 11) is 1.77. The third-order valence-electron chi connectivity index (χ3n) is 6.25. The van der Waals surface area contributed by atoms with Gasteiger partial charge in [-0.05, 0) is 31.7 Å². The third-order valence-corrected chi connectivity index (χ3v) is 6.25. The maximum atomic E-state index is 14.8. The zero-order valence-corrected chi connectivity index (χ0v) is 21.3. The van der Waals surface area contributed by atoms with Crippen molar-refractivity contribution in [2.75, 3.05) is 33.2 Å². The topological polar surface area (TPSA) is 43.8 Å². The highest BCUT2D eigenvalue weighted by Crippen LogP contribution is 2.31. The van der Waals surface area contributed by atoms with Gasteiger partial charge in [-0.1, -0.05) is 51.7 Å². The average molecular weight is 472 g/mol. The average Bonchev–Trinajstić information content (AvgIpc) is 3.62. The summed E-state index contributed by atoms with van der Waals surface area (Å²) >= 11 is 0. The molecule has 1 aliphatic carbocycles. The number of nitrogens with one attached hydrogen (secondary N) is 1. The van der Waals surface area contributed by atoms with Crippen LogP contribution in [0.25, 0.3) is 5.57 Å². The van der Waals surface area contributed by atoms with Crippen molar-refractivity contribution in [1.82, 2.24) is 20.1 Å². The van der Waals surface area contributed by atoms with Crippen molar-refractivity contribution < 1.29 is 8.78 Å². The minimum absolute atomic E-state index is 0.339. The number of hydrogen-bond acceptors (Lipinski definition) is 5. The van der Waals surface area contributed by atoms with Crippen LogP contribution in [0.5, 0.6) is 0 Å². The van der Waals surface area contributed by atoms with E-state index in [0.29, 0.717) is 30.3 Å². The van der Waals surface area contributed by atoms with E-state index in [4.69, 9.17) is 4.99 Å². The zero-order valence-electron chi connectivity index (χ0n) is 21.3. The molecule has 1 N–H and O–H groups in total. The minimum atomic E-state index is -0.392. The maximum Gasteiger partial charge on any atom is 0.181 e. The largest absolute Gasteiger partial charge is 0.352 e. The van der Waals surface area contributed by atoms with Crippen LogP contribution in [0, 0.1) is 11.7 Å². The Morgan fingerprint density at radius 2 is 1.88 bits per heavy atom. The third kappa shape index (κ3) is 6.98. The highest BCUT2D eigenvalue weighted by Gasteiger charge is 2.26. The standard InChI is InChI=1S/C23H31F2N5.C4H8/c1-5-7-21-18(13-17(24)14-27-21)19(12-16(3)6-2)22-28-23(20(25)15-29(22)4)30-10-8-26-9-11-30;1-4-2-3-4/h12-15,26H,5-11H2,1-4H3;4H,2-3H2,1H3/b16-12?,22-19+;. The van der Waals surface area contributed by atoms with Gasteiger partial charge in [0.05, 0.1) is 6.20 Å². The lowest BCUT2D eigenvalue weighted by Crippen LogP contribution is -2.47. The van der Waals surface area contributed by atoms with Gasteiger partial charge in [0.25, 0.3) is 0 Å². The Labute approximate surface area is 203 Å². The van der Waals surface area contributed by atoms with E-state index in [2.05, 4.69) is 31.1 Å². The Morgan fingerprint density at radius 3 is 2.47 bits per heavy atom. The number of hydrogen-bond donors (Lipinski definition) is 1. The first-order valence-electron chi connectivity index (χ1n) is 12.5. The quantitative estimate of drug-likeness (QED) is 0.601. The van der Waals surface area contributed by atoms with Crippen molar-refractivity contribution in [2.24, 2.45) is 10.9 Å². The molecule has 0 spiro atoms. The second-order valence-corrected chi connectivity index (χ2v) is 9.42. The van der Waals surface area contributed by atoms with Crippen LogP contribution in [0.2, 0.25) is 0 Å². The molecule has 7 heteroatoms. The van der Waals surface area contributed by atoms with Gasteiger partial charge < -0.3 is 15.1 Å². The summed E-state index contributed by atoms with van der Waals surface area (Å²) in [5.74, 6) is 1.27. The Bertz CT molecular complexity index is 969. The highest BCUT2D eigenvalue weighted by atomic mass is 19.1. The molecule has 1 saturated carbocycles. The number of halogens is 2. The molecule has 5 nitrogen and oxygen atoms in total. The molecule has 0 atom stereocenters. The molecule has 0 unspecified atom stereocenters. The summed E-state index contributed by atoms with van der Waals surface area (Å²) in [5.41, 5.74) is 3.43. The van der Waals surface area contributed by atoms with Crippen LogP contribution >= 0.6 is 0 Å². The van der Waals surface area contributed by atoms with E-state index in [1.54, 1.807) is 11.9 Å². The number of aryl methyl sites for hydroxylation is 1. The van der Waals surface area contributed by atoms with Crippen LogP contribution in [0.1, 0.15) is 64.6 Å². The predicted octanol–water partition coefficient (Wildman–Crippen LogP) is 5.67. The highest BCUT2D eigenvalue weighted by molar-refractivity contribution is 5.99. The fourth-order valence-electron chi connectivity index (χ4n) is 3.78. The van der Waals surface area contributed by atoms with Crippen molar-refractivity contribution in [3.05, 3.63) is 58.8 Å². The lowest BCUT2D eigenvalue weighted by Gasteiger charge is -2.33. The number of nitrogens with zero attached hydrogens (tertiary/aromatic N) is 4. The number of allylic oxidation sites excluding steroid dienone is 3. The predicted molar refractivity (Wildman–Crippen MR) is 136 cm³/mol. The van der Waals surface area contributed by atoms with Gasteiger partial charge in [0.2, 0.25) is 0 Å². The second kappa shape index (κ2) is 12.2. The first-order chi connectivity index (χ1) is 16.3. The summed E-state index contributed by atoms with van der Waals surface area (Å²) in [6, 6.07) is 1.52. The summed E-state index contributed by atoms with van der Waals surface area (Å²) in [5, 5.41) is 3.28. The number of piperazine rings is 1. The first-order valence-corrected chi connectivity index (χ1v) is 12.5. The van der Waals surface area contributed by atoms with Crippen LogP contribution in [-0.2, 0) is 6.42 Å². The molecular formula is C27H39F2N5. The van der Waals surface area contributed by atoms with Crippen molar-refractivity contribution >= 4 is 11.4 Å². The summed E-state index contributed by atoms with van der Waals surface area (Å²) < 4.78 is 29.0. The second-order valence-electron chi connectivity index (χ2n) is 9.42.